The van der Waals surface area contributed by atoms with Gasteiger partial charge in [-0.15, -0.1) is 0 Å². The van der Waals surface area contributed by atoms with Gasteiger partial charge >= 0.3 is 0 Å². The molecule has 17 heavy (non-hydrogen) atoms. The summed E-state index contributed by atoms with van der Waals surface area (Å²) in [6.07, 6.45) is 3.47. The normalized spacial score (nSPS) is 16.4. The molecule has 0 unspecified atom stereocenters. The van der Waals surface area contributed by atoms with Crippen LogP contribution in [0.2, 0.25) is 0 Å². The monoisotopic (exact) mass is 239 g/mol. The summed E-state index contributed by atoms with van der Waals surface area (Å²) in [5.74, 6) is 6.81. The fourth-order valence-corrected chi connectivity index (χ4v) is 1.63. The maximum Gasteiger partial charge on any atom is 0.205 e. The van der Waals surface area contributed by atoms with Gasteiger partial charge in [-0.25, -0.2) is 15.8 Å². The molecule has 0 radical (unpaired) electrons. The quantitative estimate of drug-likeness (QED) is 0.407. The van der Waals surface area contributed by atoms with E-state index in [0.717, 1.165) is 12.8 Å². The molecule has 0 amide bonds. The second kappa shape index (κ2) is 4.72. The predicted octanol–water partition coefficient (Wildman–Crippen LogP) is -0.0448. The van der Waals surface area contributed by atoms with Crippen LogP contribution in [-0.4, -0.2) is 35.3 Å². The Balaban J connectivity index is 2.09. The van der Waals surface area contributed by atoms with Crippen LogP contribution >= 0.6 is 0 Å². The molecule has 1 aromatic rings. The van der Waals surface area contributed by atoms with Crippen LogP contribution in [0.15, 0.2) is 6.33 Å². The van der Waals surface area contributed by atoms with Crippen molar-refractivity contribution in [2.24, 2.45) is 11.3 Å². The number of rotatable bonds is 6. The van der Waals surface area contributed by atoms with Crippen LogP contribution in [0.25, 0.3) is 0 Å². The highest BCUT2D eigenvalue weighted by molar-refractivity contribution is 5.63. The lowest BCUT2D eigenvalue weighted by atomic mass is 10.1. The third-order valence-corrected chi connectivity index (χ3v) is 3.07. The highest BCUT2D eigenvalue weighted by atomic mass is 16.5. The largest absolute Gasteiger partial charge is 0.490 e. The van der Waals surface area contributed by atoms with E-state index in [4.69, 9.17) is 10.6 Å². The predicted molar refractivity (Wildman–Crippen MR) is 63.6 cm³/mol. The van der Waals surface area contributed by atoms with Gasteiger partial charge in [0.25, 0.3) is 0 Å². The SMILES string of the molecule is COc1c(NN)ncnc1NCC1(CO)CC1. The molecule has 0 bridgehead atoms. The van der Waals surface area contributed by atoms with Crippen molar-refractivity contribution in [3.05, 3.63) is 6.33 Å². The smallest absolute Gasteiger partial charge is 0.205 e. The minimum absolute atomic E-state index is 0.00622. The number of aliphatic hydroxyl groups is 1. The number of hydrogen-bond donors (Lipinski definition) is 4. The lowest BCUT2D eigenvalue weighted by Gasteiger charge is -2.16. The third kappa shape index (κ3) is 2.40. The van der Waals surface area contributed by atoms with Gasteiger partial charge < -0.3 is 20.6 Å². The Morgan fingerprint density at radius 1 is 1.47 bits per heavy atom. The molecule has 0 saturated heterocycles. The molecule has 2 rings (SSSR count). The fraction of sp³-hybridized carbons (Fsp3) is 0.600. The zero-order valence-electron chi connectivity index (χ0n) is 9.73. The zero-order chi connectivity index (χ0) is 12.3. The first-order chi connectivity index (χ1) is 8.24. The molecule has 0 aliphatic heterocycles. The minimum Gasteiger partial charge on any atom is -0.490 e. The van der Waals surface area contributed by atoms with Crippen LogP contribution < -0.4 is 21.3 Å². The van der Waals surface area contributed by atoms with Gasteiger partial charge in [0.1, 0.15) is 6.33 Å². The summed E-state index contributed by atoms with van der Waals surface area (Å²) in [4.78, 5) is 8.05. The first-order valence-corrected chi connectivity index (χ1v) is 5.45. The van der Waals surface area contributed by atoms with Crippen molar-refractivity contribution in [2.45, 2.75) is 12.8 Å². The Hall–Kier alpha value is -1.60. The highest BCUT2D eigenvalue weighted by Gasteiger charge is 2.41. The average Bonchev–Trinajstić information content (AvgIpc) is 3.16. The number of nitrogens with zero attached hydrogens (tertiary/aromatic N) is 2. The van der Waals surface area contributed by atoms with Gasteiger partial charge in [0.15, 0.2) is 11.6 Å². The first-order valence-electron chi connectivity index (χ1n) is 5.45. The number of hydrogen-bond acceptors (Lipinski definition) is 7. The molecule has 7 nitrogen and oxygen atoms in total. The number of hydrazine groups is 1. The van der Waals surface area contributed by atoms with Crippen LogP contribution in [-0.2, 0) is 0 Å². The van der Waals surface area contributed by atoms with Gasteiger partial charge in [0.2, 0.25) is 5.75 Å². The number of methoxy groups -OCH3 is 1. The Kier molecular flexibility index (Phi) is 3.30. The van der Waals surface area contributed by atoms with E-state index in [2.05, 4.69) is 20.7 Å². The molecule has 1 aliphatic carbocycles. The van der Waals surface area contributed by atoms with E-state index in [9.17, 15) is 5.11 Å². The van der Waals surface area contributed by atoms with E-state index in [1.165, 1.54) is 13.4 Å². The summed E-state index contributed by atoms with van der Waals surface area (Å²) in [7, 11) is 1.53. The van der Waals surface area contributed by atoms with Crippen molar-refractivity contribution in [3.63, 3.8) is 0 Å². The zero-order valence-corrected chi connectivity index (χ0v) is 9.73. The van der Waals surface area contributed by atoms with Gasteiger partial charge in [-0.1, -0.05) is 0 Å². The molecule has 1 aromatic heterocycles. The summed E-state index contributed by atoms with van der Waals surface area (Å²) in [5.41, 5.74) is 2.45. The molecular formula is C10H17N5O2. The summed E-state index contributed by atoms with van der Waals surface area (Å²) >= 11 is 0. The van der Waals surface area contributed by atoms with E-state index in [1.54, 1.807) is 0 Å². The van der Waals surface area contributed by atoms with Crippen LogP contribution in [0.5, 0.6) is 5.75 Å². The Morgan fingerprint density at radius 2 is 2.18 bits per heavy atom. The van der Waals surface area contributed by atoms with Gasteiger partial charge in [0.05, 0.1) is 13.7 Å². The molecular weight excluding hydrogens is 222 g/mol. The first kappa shape index (κ1) is 11.9. The summed E-state index contributed by atoms with van der Waals surface area (Å²) in [6, 6.07) is 0. The highest BCUT2D eigenvalue weighted by Crippen LogP contribution is 2.45. The van der Waals surface area contributed by atoms with Crippen molar-refractivity contribution >= 4 is 11.6 Å². The third-order valence-electron chi connectivity index (χ3n) is 3.07. The second-order valence-electron chi connectivity index (χ2n) is 4.26. The number of anilines is 2. The molecule has 1 aliphatic rings. The molecule has 0 spiro atoms. The lowest BCUT2D eigenvalue weighted by Crippen LogP contribution is -2.20. The van der Waals surface area contributed by atoms with Gasteiger partial charge in [-0.05, 0) is 12.8 Å². The number of aliphatic hydroxyl groups excluding tert-OH is 1. The second-order valence-corrected chi connectivity index (χ2v) is 4.26. The number of nitrogens with one attached hydrogen (secondary N) is 2. The van der Waals surface area contributed by atoms with Crippen LogP contribution in [0.3, 0.4) is 0 Å². The van der Waals surface area contributed by atoms with Gasteiger partial charge in [-0.2, -0.15) is 0 Å². The van der Waals surface area contributed by atoms with E-state index in [1.807, 2.05) is 0 Å². The van der Waals surface area contributed by atoms with Crippen LogP contribution in [0.1, 0.15) is 12.8 Å². The average molecular weight is 239 g/mol. The van der Waals surface area contributed by atoms with Gasteiger partial charge in [0, 0.05) is 12.0 Å². The topological polar surface area (TPSA) is 105 Å². The summed E-state index contributed by atoms with van der Waals surface area (Å²) in [5, 5.41) is 12.4. The molecule has 5 N–H and O–H groups in total. The summed E-state index contributed by atoms with van der Waals surface area (Å²) in [6.45, 7) is 0.857. The number of nitrogen functional groups attached to an aromatic ring is 1. The van der Waals surface area contributed by atoms with Crippen molar-refractivity contribution in [1.82, 2.24) is 9.97 Å². The lowest BCUT2D eigenvalue weighted by molar-refractivity contribution is 0.219. The van der Waals surface area contributed by atoms with Crippen LogP contribution in [0.4, 0.5) is 11.6 Å². The van der Waals surface area contributed by atoms with E-state index >= 15 is 0 Å². The maximum absolute atomic E-state index is 9.23. The Bertz CT molecular complexity index is 394. The van der Waals surface area contributed by atoms with E-state index in [0.29, 0.717) is 23.9 Å². The maximum atomic E-state index is 9.23. The number of nitrogens with two attached hydrogens (primary N) is 1. The molecule has 94 valence electrons. The molecule has 1 saturated carbocycles. The molecule has 0 aromatic carbocycles. The fourth-order valence-electron chi connectivity index (χ4n) is 1.63. The molecule has 1 heterocycles. The molecule has 1 fully saturated rings. The number of aromatic nitrogens is 2. The minimum atomic E-state index is 0.00622. The van der Waals surface area contributed by atoms with E-state index < -0.39 is 0 Å². The van der Waals surface area contributed by atoms with Crippen LogP contribution in [0, 0.1) is 5.41 Å². The van der Waals surface area contributed by atoms with E-state index in [-0.39, 0.29) is 12.0 Å². The molecule has 0 atom stereocenters. The van der Waals surface area contributed by atoms with Crippen molar-refractivity contribution < 1.29 is 9.84 Å². The molecule has 7 heteroatoms. The summed E-state index contributed by atoms with van der Waals surface area (Å²) < 4.78 is 5.19. The number of ether oxygens (including phenoxy) is 1. The van der Waals surface area contributed by atoms with Gasteiger partial charge in [-0.3, -0.25) is 0 Å². The Morgan fingerprint density at radius 3 is 2.71 bits per heavy atom. The van der Waals surface area contributed by atoms with Crippen molar-refractivity contribution in [2.75, 3.05) is 31.0 Å². The standard InChI is InChI=1S/C10H17N5O2/c1-17-7-8(13-6-14-9(7)15-11)12-4-10(5-16)2-3-10/h6,16H,2-5,11H2,1H3,(H2,12,13,14,15). The van der Waals surface area contributed by atoms with Crippen molar-refractivity contribution in [1.29, 1.82) is 0 Å². The Labute approximate surface area is 99.4 Å². The van der Waals surface area contributed by atoms with Crippen molar-refractivity contribution in [3.8, 4) is 5.75 Å².